The molecule has 0 aliphatic rings. The number of hydrogen-bond acceptors (Lipinski definition) is 4. The van der Waals surface area contributed by atoms with Gasteiger partial charge in [-0.1, -0.05) is 18.0 Å². The molecule has 0 aromatic rings. The summed E-state index contributed by atoms with van der Waals surface area (Å²) in [7, 11) is -4.17. The Bertz CT molecular complexity index is 231. The molecule has 11 heavy (non-hydrogen) atoms. The molecule has 0 aromatic carbocycles. The van der Waals surface area contributed by atoms with Crippen molar-refractivity contribution in [1.82, 2.24) is 0 Å². The summed E-state index contributed by atoms with van der Waals surface area (Å²) in [6.07, 6.45) is 0.176. The molecule has 0 amide bonds. The lowest BCUT2D eigenvalue weighted by Crippen LogP contribution is -2.24. The van der Waals surface area contributed by atoms with Crippen molar-refractivity contribution in [3.63, 3.8) is 0 Å². The van der Waals surface area contributed by atoms with Crippen molar-refractivity contribution in [2.45, 2.75) is 18.6 Å². The molecule has 0 saturated carbocycles. The highest BCUT2D eigenvalue weighted by Gasteiger charge is 2.15. The molecule has 7 heteroatoms. The van der Waals surface area contributed by atoms with Crippen LogP contribution < -0.4 is 0 Å². The first kappa shape index (κ1) is 11.0. The monoisotopic (exact) mass is 201 g/mol. The fourth-order valence-electron chi connectivity index (χ4n) is 0.544. The lowest BCUT2D eigenvalue weighted by Gasteiger charge is -2.15. The Hall–Kier alpha value is 0.0200. The number of rotatable bonds is 4. The van der Waals surface area contributed by atoms with Crippen molar-refractivity contribution in [2.24, 2.45) is 0 Å². The third-order valence-corrected chi connectivity index (χ3v) is 3.20. The summed E-state index contributed by atoms with van der Waals surface area (Å²) < 4.78 is 49.1. The van der Waals surface area contributed by atoms with Crippen LogP contribution in [0.2, 0.25) is 0 Å². The Labute approximate surface area is 67.8 Å². The zero-order valence-electron chi connectivity index (χ0n) is 5.89. The van der Waals surface area contributed by atoms with Gasteiger partial charge in [0.25, 0.3) is 10.1 Å². The van der Waals surface area contributed by atoms with Crippen LogP contribution in [-0.2, 0) is 21.2 Å². The first-order chi connectivity index (χ1) is 4.87. The van der Waals surface area contributed by atoms with E-state index in [1.54, 1.807) is 0 Å². The van der Waals surface area contributed by atoms with E-state index < -0.39 is 32.2 Å². The van der Waals surface area contributed by atoms with Crippen LogP contribution >= 0.6 is 0 Å². The minimum Gasteiger partial charge on any atom is -0.772 e. The second kappa shape index (κ2) is 4.15. The molecular weight excluding hydrogens is 192 g/mol. The quantitative estimate of drug-likeness (QED) is 0.490. The van der Waals surface area contributed by atoms with Crippen molar-refractivity contribution < 1.29 is 21.7 Å². The van der Waals surface area contributed by atoms with Gasteiger partial charge in [0, 0.05) is 5.25 Å². The first-order valence-corrected chi connectivity index (χ1v) is 5.64. The van der Waals surface area contributed by atoms with Crippen LogP contribution in [0.25, 0.3) is 0 Å². The van der Waals surface area contributed by atoms with Crippen LogP contribution in [0, 0.1) is 0 Å². The molecule has 2 unspecified atom stereocenters. The molecule has 2 atom stereocenters. The zero-order chi connectivity index (χ0) is 9.07. The molecule has 0 heterocycles. The van der Waals surface area contributed by atoms with Gasteiger partial charge in [-0.25, -0.2) is 0 Å². The fraction of sp³-hybridized carbons (Fsp3) is 1.00. The summed E-state index contributed by atoms with van der Waals surface area (Å²) in [5.41, 5.74) is 0. The summed E-state index contributed by atoms with van der Waals surface area (Å²) in [6.45, 7) is 1.53. The molecule has 0 rings (SSSR count). The summed E-state index contributed by atoms with van der Waals surface area (Å²) >= 11 is -2.44. The third-order valence-electron chi connectivity index (χ3n) is 1.12. The van der Waals surface area contributed by atoms with Gasteiger partial charge in [0.15, 0.2) is 0 Å². The van der Waals surface area contributed by atoms with Crippen LogP contribution in [0.1, 0.15) is 13.3 Å². The molecular formula is C4H9O5S2-. The topological polar surface area (TPSA) is 94.5 Å². The molecule has 5 nitrogen and oxygen atoms in total. The Morgan fingerprint density at radius 2 is 2.09 bits per heavy atom. The summed E-state index contributed by atoms with van der Waals surface area (Å²) in [6, 6.07) is 0. The van der Waals surface area contributed by atoms with Crippen molar-refractivity contribution in [1.29, 1.82) is 0 Å². The van der Waals surface area contributed by atoms with E-state index in [1.165, 1.54) is 6.92 Å². The fourth-order valence-corrected chi connectivity index (χ4v) is 2.48. The van der Waals surface area contributed by atoms with Crippen molar-refractivity contribution in [3.8, 4) is 0 Å². The molecule has 0 spiro atoms. The van der Waals surface area contributed by atoms with Gasteiger partial charge in [-0.05, 0) is 6.42 Å². The van der Waals surface area contributed by atoms with E-state index in [0.29, 0.717) is 0 Å². The number of hydrogen-bond donors (Lipinski definition) is 1. The highest BCUT2D eigenvalue weighted by Crippen LogP contribution is 2.02. The van der Waals surface area contributed by atoms with E-state index in [-0.39, 0.29) is 6.42 Å². The standard InChI is InChI=1S/C4H10O5S2/c1-2-4(10(5)6)3-11(7,8)9/h4H,2-3H2,1H3,(H,5,6)(H,7,8,9)/p-1. The van der Waals surface area contributed by atoms with Gasteiger partial charge in [0.2, 0.25) is 0 Å². The minimum atomic E-state index is -4.17. The Morgan fingerprint density at radius 3 is 2.18 bits per heavy atom. The highest BCUT2D eigenvalue weighted by molar-refractivity contribution is 7.87. The maximum absolute atomic E-state index is 10.2. The predicted octanol–water partition coefficient (Wildman–Crippen LogP) is -0.468. The van der Waals surface area contributed by atoms with E-state index in [2.05, 4.69) is 0 Å². The van der Waals surface area contributed by atoms with Crippen LogP contribution in [0.3, 0.4) is 0 Å². The predicted molar refractivity (Wildman–Crippen MR) is 39.4 cm³/mol. The minimum absolute atomic E-state index is 0.176. The van der Waals surface area contributed by atoms with Gasteiger partial charge in [-0.3, -0.25) is 8.76 Å². The summed E-state index contributed by atoms with van der Waals surface area (Å²) in [4.78, 5) is 0. The molecule has 1 N–H and O–H groups in total. The SMILES string of the molecule is CCC(CS(=O)(=O)O)S(=O)[O-]. The van der Waals surface area contributed by atoms with E-state index in [9.17, 15) is 17.2 Å². The van der Waals surface area contributed by atoms with Gasteiger partial charge in [0.1, 0.15) is 0 Å². The maximum Gasteiger partial charge on any atom is 0.266 e. The van der Waals surface area contributed by atoms with Crippen LogP contribution in [0.4, 0.5) is 0 Å². The van der Waals surface area contributed by atoms with Crippen molar-refractivity contribution in [3.05, 3.63) is 0 Å². The van der Waals surface area contributed by atoms with Crippen molar-refractivity contribution in [2.75, 3.05) is 5.75 Å². The molecule has 0 aliphatic carbocycles. The van der Waals surface area contributed by atoms with Crippen LogP contribution in [0.5, 0.6) is 0 Å². The largest absolute Gasteiger partial charge is 0.772 e. The van der Waals surface area contributed by atoms with Crippen LogP contribution in [0.15, 0.2) is 0 Å². The van der Waals surface area contributed by atoms with E-state index >= 15 is 0 Å². The van der Waals surface area contributed by atoms with Gasteiger partial charge in [-0.15, -0.1) is 0 Å². The lowest BCUT2D eigenvalue weighted by atomic mass is 10.4. The Kier molecular flexibility index (Phi) is 4.16. The lowest BCUT2D eigenvalue weighted by molar-refractivity contribution is 0.475. The second-order valence-electron chi connectivity index (χ2n) is 2.04. The van der Waals surface area contributed by atoms with Gasteiger partial charge in [0.05, 0.1) is 5.75 Å². The molecule has 0 aliphatic heterocycles. The van der Waals surface area contributed by atoms with Gasteiger partial charge < -0.3 is 4.55 Å². The van der Waals surface area contributed by atoms with E-state index in [0.717, 1.165) is 0 Å². The molecule has 0 bridgehead atoms. The third kappa shape index (κ3) is 5.31. The molecule has 68 valence electrons. The Morgan fingerprint density at radius 1 is 1.64 bits per heavy atom. The Balaban J connectivity index is 4.22. The normalized spacial score (nSPS) is 17.7. The van der Waals surface area contributed by atoms with E-state index in [4.69, 9.17) is 4.55 Å². The summed E-state index contributed by atoms with van der Waals surface area (Å²) in [5.74, 6) is -0.723. The zero-order valence-corrected chi connectivity index (χ0v) is 7.52. The second-order valence-corrected chi connectivity index (χ2v) is 4.72. The molecule has 0 saturated heterocycles. The first-order valence-electron chi connectivity index (χ1n) is 2.90. The molecule has 0 fully saturated rings. The summed E-state index contributed by atoms with van der Waals surface area (Å²) in [5, 5.41) is -1.01. The average molecular weight is 201 g/mol. The van der Waals surface area contributed by atoms with Crippen molar-refractivity contribution >= 4 is 21.2 Å². The average Bonchev–Trinajstić information content (AvgIpc) is 1.80. The van der Waals surface area contributed by atoms with E-state index in [1.807, 2.05) is 0 Å². The van der Waals surface area contributed by atoms with Gasteiger partial charge >= 0.3 is 0 Å². The van der Waals surface area contributed by atoms with Crippen LogP contribution in [-0.4, -0.2) is 32.7 Å². The maximum atomic E-state index is 10.2. The molecule has 0 radical (unpaired) electrons. The molecule has 0 aromatic heterocycles. The highest BCUT2D eigenvalue weighted by atomic mass is 32.2. The smallest absolute Gasteiger partial charge is 0.266 e. The van der Waals surface area contributed by atoms with Gasteiger partial charge in [-0.2, -0.15) is 8.42 Å².